The molecule has 0 saturated carbocycles. The van der Waals surface area contributed by atoms with Gasteiger partial charge in [0.2, 0.25) is 0 Å². The molecule has 1 radical (unpaired) electrons. The molecular weight excluding hydrogens is 101 g/mol. The predicted octanol–water partition coefficient (Wildman–Crippen LogP) is 0.743. The molecule has 0 aromatic carbocycles. The number of hydrogen-bond donors (Lipinski definition) is 0. The molecule has 0 aliphatic carbocycles. The van der Waals surface area contributed by atoms with E-state index in [1.54, 1.807) is 6.92 Å². The Kier molecular flexibility index (Phi) is 15.9. The second-order valence-corrected chi connectivity index (χ2v) is 0.382. The summed E-state index contributed by atoms with van der Waals surface area (Å²) in [6, 6.07) is 0. The van der Waals surface area contributed by atoms with Gasteiger partial charge in [0.15, 0.2) is 0 Å². The summed E-state index contributed by atoms with van der Waals surface area (Å²) < 4.78 is 0. The Morgan fingerprint density at radius 2 is 2.00 bits per heavy atom. The van der Waals surface area contributed by atoms with E-state index < -0.39 is 0 Å². The molecule has 1 nitrogen and oxygen atoms in total. The predicted molar refractivity (Wildman–Crippen MR) is 18.5 cm³/mol. The van der Waals surface area contributed by atoms with Gasteiger partial charge in [-0.2, -0.15) is 6.92 Å². The van der Waals surface area contributed by atoms with Crippen molar-refractivity contribution < 1.29 is 18.6 Å². The van der Waals surface area contributed by atoms with E-state index in [0.29, 0.717) is 0 Å². The van der Waals surface area contributed by atoms with Crippen molar-refractivity contribution in [3.63, 3.8) is 0 Å². The van der Waals surface area contributed by atoms with Gasteiger partial charge < -0.3 is 18.3 Å². The summed E-state index contributed by atoms with van der Waals surface area (Å²) in [6.45, 7) is 1.70. The molecule has 0 aromatic rings. The summed E-state index contributed by atoms with van der Waals surface area (Å²) in [6.07, 6.45) is 2.44. The zero-order chi connectivity index (χ0) is 3.41. The fourth-order valence-corrected chi connectivity index (χ4v) is 0. The van der Waals surface area contributed by atoms with E-state index in [1.807, 2.05) is 0 Å². The standard InChI is InChI=1S/C3H5N.V/c1-3-4-2;/h2H2,1H3;/q-2;+2. The van der Waals surface area contributed by atoms with Crippen molar-refractivity contribution in [3.8, 4) is 0 Å². The monoisotopic (exact) mass is 106 g/mol. The van der Waals surface area contributed by atoms with Crippen molar-refractivity contribution in [2.45, 2.75) is 6.92 Å². The zero-order valence-electron chi connectivity index (χ0n) is 3.10. The van der Waals surface area contributed by atoms with Crippen molar-refractivity contribution >= 4 is 6.21 Å². The van der Waals surface area contributed by atoms with Gasteiger partial charge in [-0.05, 0) is 0 Å². The summed E-state index contributed by atoms with van der Waals surface area (Å²) in [5, 5.41) is 0. The maximum atomic E-state index is 3.24. The molecule has 0 aromatic heterocycles. The molecule has 0 amide bonds. The molecule has 0 unspecified atom stereocenters. The maximum Gasteiger partial charge on any atom is 2.00 e. The van der Waals surface area contributed by atoms with Crippen LogP contribution in [0.2, 0.25) is 0 Å². The Bertz CT molecular complexity index is 22.1. The van der Waals surface area contributed by atoms with Crippen molar-refractivity contribution in [1.29, 1.82) is 0 Å². The summed E-state index contributed by atoms with van der Waals surface area (Å²) >= 11 is 0. The van der Waals surface area contributed by atoms with Crippen LogP contribution in [0.1, 0.15) is 6.92 Å². The van der Waals surface area contributed by atoms with Gasteiger partial charge in [0, 0.05) is 0 Å². The molecule has 0 atom stereocenters. The van der Waals surface area contributed by atoms with E-state index in [4.69, 9.17) is 0 Å². The fraction of sp³-hybridized carbons (Fsp3) is 0.333. The van der Waals surface area contributed by atoms with Crippen molar-refractivity contribution in [3.05, 3.63) is 7.05 Å². The van der Waals surface area contributed by atoms with E-state index >= 15 is 0 Å². The summed E-state index contributed by atoms with van der Waals surface area (Å²) in [7, 11) is 3.12. The molecule has 5 heavy (non-hydrogen) atoms. The quantitative estimate of drug-likeness (QED) is 0.319. The minimum atomic E-state index is 0. The SMILES string of the molecule is [CH2-]N=[C-]C.[V+2]. The molecule has 27 valence electrons. The number of rotatable bonds is 0. The van der Waals surface area contributed by atoms with Gasteiger partial charge in [-0.25, -0.2) is 0 Å². The molecule has 0 spiro atoms. The first-order valence-corrected chi connectivity index (χ1v) is 1.04. The van der Waals surface area contributed by atoms with E-state index in [0.717, 1.165) is 0 Å². The minimum Gasteiger partial charge on any atom is -0.662 e. The van der Waals surface area contributed by atoms with Crippen LogP contribution < -0.4 is 0 Å². The second-order valence-electron chi connectivity index (χ2n) is 0.382. The third-order valence-corrected chi connectivity index (χ3v) is 0.158. The van der Waals surface area contributed by atoms with Gasteiger partial charge in [0.05, 0.1) is 0 Å². The van der Waals surface area contributed by atoms with Gasteiger partial charge in [-0.3, -0.25) is 0 Å². The van der Waals surface area contributed by atoms with Crippen LogP contribution >= 0.6 is 0 Å². The third-order valence-electron chi connectivity index (χ3n) is 0.158. The van der Waals surface area contributed by atoms with Crippen LogP contribution in [-0.4, -0.2) is 6.21 Å². The molecule has 2 heteroatoms. The van der Waals surface area contributed by atoms with Crippen LogP contribution in [0.4, 0.5) is 0 Å². The second kappa shape index (κ2) is 8.92. The molecule has 0 heterocycles. The van der Waals surface area contributed by atoms with Crippen LogP contribution in [0.3, 0.4) is 0 Å². The van der Waals surface area contributed by atoms with E-state index in [9.17, 15) is 0 Å². The van der Waals surface area contributed by atoms with Gasteiger partial charge in [0.25, 0.3) is 0 Å². The normalized spacial score (nSPS) is 7.40. The average molecular weight is 106 g/mol. The molecule has 0 rings (SSSR count). The average Bonchev–Trinajstić information content (AvgIpc) is 1.37. The molecule has 0 aliphatic rings. The first-order chi connectivity index (χ1) is 1.91. The number of nitrogens with zero attached hydrogens (tertiary/aromatic N) is 1. The van der Waals surface area contributed by atoms with Crippen LogP contribution in [0.25, 0.3) is 0 Å². The zero-order valence-corrected chi connectivity index (χ0v) is 4.50. The van der Waals surface area contributed by atoms with Gasteiger partial charge in [0.1, 0.15) is 0 Å². The smallest absolute Gasteiger partial charge is 0.662 e. The minimum absolute atomic E-state index is 0. The van der Waals surface area contributed by atoms with Crippen molar-refractivity contribution in [2.75, 3.05) is 0 Å². The molecule has 0 fully saturated rings. The number of hydrogen-bond acceptors (Lipinski definition) is 1. The van der Waals surface area contributed by atoms with Crippen molar-refractivity contribution in [2.24, 2.45) is 4.99 Å². The third kappa shape index (κ3) is 14.7. The van der Waals surface area contributed by atoms with Crippen LogP contribution in [0.5, 0.6) is 0 Å². The largest absolute Gasteiger partial charge is 2.00 e. The Hall–Kier alpha value is 0.124. The van der Waals surface area contributed by atoms with E-state index in [1.165, 1.54) is 0 Å². The Morgan fingerprint density at radius 3 is 2.00 bits per heavy atom. The number of aliphatic imine (C=N–C) groups is 1. The molecule has 0 saturated heterocycles. The first kappa shape index (κ1) is 8.93. The topological polar surface area (TPSA) is 12.4 Å². The van der Waals surface area contributed by atoms with E-state index in [2.05, 4.69) is 18.3 Å². The van der Waals surface area contributed by atoms with Crippen LogP contribution in [-0.2, 0) is 18.6 Å². The van der Waals surface area contributed by atoms with Crippen LogP contribution in [0, 0.1) is 7.05 Å². The summed E-state index contributed by atoms with van der Waals surface area (Å²) in [5.74, 6) is 0. The van der Waals surface area contributed by atoms with Gasteiger partial charge in [-0.1, -0.05) is 0 Å². The summed E-state index contributed by atoms with van der Waals surface area (Å²) in [5.41, 5.74) is 0. The Balaban J connectivity index is 0. The van der Waals surface area contributed by atoms with Gasteiger partial charge >= 0.3 is 18.6 Å². The van der Waals surface area contributed by atoms with Crippen LogP contribution in [0.15, 0.2) is 4.99 Å². The Morgan fingerprint density at radius 1 is 1.80 bits per heavy atom. The maximum absolute atomic E-state index is 3.24. The van der Waals surface area contributed by atoms with Gasteiger partial charge in [-0.15, -0.1) is 0 Å². The fourth-order valence-electron chi connectivity index (χ4n) is 0. The molecule has 0 N–H and O–H groups in total. The molecule has 0 bridgehead atoms. The Labute approximate surface area is 44.4 Å². The molecular formula is C3H5NV. The molecule has 0 aliphatic heterocycles. The van der Waals surface area contributed by atoms with Crippen molar-refractivity contribution in [1.82, 2.24) is 0 Å². The first-order valence-electron chi connectivity index (χ1n) is 1.04. The van der Waals surface area contributed by atoms with E-state index in [-0.39, 0.29) is 18.6 Å². The summed E-state index contributed by atoms with van der Waals surface area (Å²) in [4.78, 5) is 3.24.